The Kier molecular flexibility index (Phi) is 4.99. The predicted molar refractivity (Wildman–Crippen MR) is 90.8 cm³/mol. The summed E-state index contributed by atoms with van der Waals surface area (Å²) in [5.41, 5.74) is 1.79. The Hall–Kier alpha value is -2.73. The molecule has 6 nitrogen and oxygen atoms in total. The predicted octanol–water partition coefficient (Wildman–Crippen LogP) is 3.08. The zero-order valence-electron chi connectivity index (χ0n) is 13.0. The summed E-state index contributed by atoms with van der Waals surface area (Å²) < 4.78 is 0. The van der Waals surface area contributed by atoms with E-state index in [1.165, 1.54) is 12.3 Å². The highest BCUT2D eigenvalue weighted by Crippen LogP contribution is 2.35. The second kappa shape index (κ2) is 6.80. The van der Waals surface area contributed by atoms with Crippen molar-refractivity contribution in [1.29, 1.82) is 0 Å². The van der Waals surface area contributed by atoms with Gasteiger partial charge in [-0.25, -0.2) is 0 Å². The van der Waals surface area contributed by atoms with Crippen LogP contribution >= 0.6 is 11.6 Å². The van der Waals surface area contributed by atoms with Crippen LogP contribution in [-0.2, 0) is 0 Å². The smallest absolute Gasteiger partial charge is 0.200 e. The summed E-state index contributed by atoms with van der Waals surface area (Å²) >= 11 is 6.12. The van der Waals surface area contributed by atoms with Gasteiger partial charge in [-0.05, 0) is 43.2 Å². The van der Waals surface area contributed by atoms with Crippen molar-refractivity contribution in [1.82, 2.24) is 0 Å². The average Bonchev–Trinajstić information content (AvgIpc) is 2.53. The molecule has 0 atom stereocenters. The van der Waals surface area contributed by atoms with Crippen molar-refractivity contribution in [2.45, 2.75) is 13.8 Å². The molecule has 4 N–H and O–H groups in total. The Morgan fingerprint density at radius 2 is 1.67 bits per heavy atom. The first-order chi connectivity index (χ1) is 11.2. The van der Waals surface area contributed by atoms with Gasteiger partial charge in [-0.15, -0.1) is 0 Å². The van der Waals surface area contributed by atoms with E-state index in [1.807, 2.05) is 0 Å². The van der Waals surface area contributed by atoms with Crippen molar-refractivity contribution in [2.75, 3.05) is 6.54 Å². The molecular formula is C17H16ClNO5. The third-order valence-corrected chi connectivity index (χ3v) is 4.14. The van der Waals surface area contributed by atoms with Crippen molar-refractivity contribution in [3.63, 3.8) is 0 Å². The number of halogens is 1. The molecule has 0 aliphatic heterocycles. The molecule has 0 saturated heterocycles. The summed E-state index contributed by atoms with van der Waals surface area (Å²) in [5.74, 6) is -2.36. The van der Waals surface area contributed by atoms with E-state index in [1.54, 1.807) is 13.8 Å². The minimum atomic E-state index is -0.690. The highest BCUT2D eigenvalue weighted by molar-refractivity contribution is 6.32. The molecule has 2 rings (SSSR count). The van der Waals surface area contributed by atoms with Crippen LogP contribution < -0.4 is 0 Å². The maximum absolute atomic E-state index is 12.0. The Morgan fingerprint density at radius 3 is 2.25 bits per heavy atom. The minimum absolute atomic E-state index is 0.00262. The molecule has 126 valence electrons. The number of ketones is 1. The van der Waals surface area contributed by atoms with Crippen LogP contribution in [0.15, 0.2) is 23.2 Å². The number of aliphatic imine (C=N–C) groups is 1. The van der Waals surface area contributed by atoms with Crippen molar-refractivity contribution in [2.24, 2.45) is 4.99 Å². The molecule has 0 bridgehead atoms. The lowest BCUT2D eigenvalue weighted by atomic mass is 10.0. The van der Waals surface area contributed by atoms with Gasteiger partial charge in [0.05, 0.1) is 0 Å². The van der Waals surface area contributed by atoms with Crippen LogP contribution in [0.5, 0.6) is 23.0 Å². The number of aryl methyl sites for hydroxylation is 1. The van der Waals surface area contributed by atoms with Crippen LogP contribution in [0.25, 0.3) is 0 Å². The first kappa shape index (κ1) is 17.6. The number of hydrogen-bond donors (Lipinski definition) is 4. The number of nitrogens with zero attached hydrogens (tertiary/aromatic N) is 1. The zero-order valence-corrected chi connectivity index (χ0v) is 13.8. The number of rotatable bonds is 4. The monoisotopic (exact) mass is 349 g/mol. The molecular weight excluding hydrogens is 334 g/mol. The van der Waals surface area contributed by atoms with Crippen molar-refractivity contribution in [3.05, 3.63) is 45.5 Å². The third-order valence-electron chi connectivity index (χ3n) is 3.56. The summed E-state index contributed by atoms with van der Waals surface area (Å²) in [4.78, 5) is 16.0. The number of carbonyl (C=O) groups excluding carboxylic acids is 1. The Labute approximate surface area is 143 Å². The van der Waals surface area contributed by atoms with Crippen LogP contribution in [0.1, 0.15) is 27.0 Å². The SMILES string of the molecule is Cc1cc(O)c(C=NCC(=O)c2cc(O)c(O)c(O)c2)c(C)c1Cl. The molecule has 0 aliphatic carbocycles. The summed E-state index contributed by atoms with van der Waals surface area (Å²) in [6, 6.07) is 3.59. The average molecular weight is 350 g/mol. The third kappa shape index (κ3) is 3.44. The lowest BCUT2D eigenvalue weighted by molar-refractivity contribution is 0.100. The molecule has 0 radical (unpaired) electrons. The fourth-order valence-corrected chi connectivity index (χ4v) is 2.35. The molecule has 0 aromatic heterocycles. The molecule has 0 unspecified atom stereocenters. The fraction of sp³-hybridized carbons (Fsp3) is 0.176. The Balaban J connectivity index is 2.21. The summed E-state index contributed by atoms with van der Waals surface area (Å²) in [7, 11) is 0. The molecule has 0 aliphatic rings. The standard InChI is InChI=1S/C17H16ClNO5/c1-8-3-12(20)11(9(2)16(8)18)6-19-7-15(23)10-4-13(21)17(24)14(22)5-10/h3-6,20-22,24H,7H2,1-2H3. The van der Waals surface area contributed by atoms with Crippen LogP contribution in [0.3, 0.4) is 0 Å². The van der Waals surface area contributed by atoms with Crippen LogP contribution in [0.2, 0.25) is 5.02 Å². The number of aromatic hydroxyl groups is 4. The lowest BCUT2D eigenvalue weighted by Gasteiger charge is -2.08. The van der Waals surface area contributed by atoms with Gasteiger partial charge in [-0.3, -0.25) is 9.79 Å². The molecule has 2 aromatic carbocycles. The van der Waals surface area contributed by atoms with Crippen molar-refractivity contribution < 1.29 is 25.2 Å². The van der Waals surface area contributed by atoms with E-state index in [9.17, 15) is 25.2 Å². The number of hydrogen-bond acceptors (Lipinski definition) is 6. The number of phenols is 4. The summed E-state index contributed by atoms with van der Waals surface area (Å²) in [6.07, 6.45) is 1.34. The van der Waals surface area contributed by atoms with Crippen molar-refractivity contribution >= 4 is 23.6 Å². The van der Waals surface area contributed by atoms with Gasteiger partial charge in [-0.1, -0.05) is 11.6 Å². The quantitative estimate of drug-likeness (QED) is 0.385. The molecule has 0 heterocycles. The van der Waals surface area contributed by atoms with Gasteiger partial charge in [0.25, 0.3) is 0 Å². The number of Topliss-reactive ketones (excluding diaryl/α,β-unsaturated/α-hetero) is 1. The molecule has 24 heavy (non-hydrogen) atoms. The molecule has 0 spiro atoms. The number of carbonyl (C=O) groups is 1. The summed E-state index contributed by atoms with van der Waals surface area (Å²) in [5, 5.41) is 38.6. The highest BCUT2D eigenvalue weighted by atomic mass is 35.5. The van der Waals surface area contributed by atoms with E-state index in [-0.39, 0.29) is 17.9 Å². The Bertz CT molecular complexity index is 822. The fourth-order valence-electron chi connectivity index (χ4n) is 2.19. The largest absolute Gasteiger partial charge is 0.507 e. The van der Waals surface area contributed by atoms with E-state index in [2.05, 4.69) is 4.99 Å². The normalized spacial score (nSPS) is 11.1. The van der Waals surface area contributed by atoms with E-state index in [0.29, 0.717) is 16.1 Å². The van der Waals surface area contributed by atoms with E-state index >= 15 is 0 Å². The molecule has 2 aromatic rings. The molecule has 7 heteroatoms. The van der Waals surface area contributed by atoms with Crippen molar-refractivity contribution in [3.8, 4) is 23.0 Å². The topological polar surface area (TPSA) is 110 Å². The second-order valence-electron chi connectivity index (χ2n) is 5.32. The van der Waals surface area contributed by atoms with Gasteiger partial charge in [0.2, 0.25) is 0 Å². The second-order valence-corrected chi connectivity index (χ2v) is 5.70. The summed E-state index contributed by atoms with van der Waals surface area (Å²) in [6.45, 7) is 3.23. The molecule has 0 fully saturated rings. The lowest BCUT2D eigenvalue weighted by Crippen LogP contribution is -2.04. The van der Waals surface area contributed by atoms with E-state index in [4.69, 9.17) is 11.6 Å². The first-order valence-corrected chi connectivity index (χ1v) is 7.36. The minimum Gasteiger partial charge on any atom is -0.507 e. The van der Waals surface area contributed by atoms with Gasteiger partial charge >= 0.3 is 0 Å². The van der Waals surface area contributed by atoms with Crippen LogP contribution in [-0.4, -0.2) is 39.0 Å². The Morgan fingerprint density at radius 1 is 1.08 bits per heavy atom. The maximum atomic E-state index is 12.0. The zero-order chi connectivity index (χ0) is 18.0. The van der Waals surface area contributed by atoms with Gasteiger partial charge < -0.3 is 20.4 Å². The number of benzene rings is 2. The van der Waals surface area contributed by atoms with E-state index in [0.717, 1.165) is 17.7 Å². The maximum Gasteiger partial charge on any atom is 0.200 e. The highest BCUT2D eigenvalue weighted by Gasteiger charge is 2.13. The first-order valence-electron chi connectivity index (χ1n) is 6.99. The number of phenolic OH excluding ortho intramolecular Hbond substituents is 4. The van der Waals surface area contributed by atoms with Gasteiger partial charge in [0.15, 0.2) is 23.0 Å². The molecule has 0 amide bonds. The van der Waals surface area contributed by atoms with E-state index < -0.39 is 23.0 Å². The van der Waals surface area contributed by atoms with Gasteiger partial charge in [0.1, 0.15) is 12.3 Å². The van der Waals surface area contributed by atoms with Gasteiger partial charge in [0, 0.05) is 22.4 Å². The molecule has 0 saturated carbocycles. The van der Waals surface area contributed by atoms with Crippen LogP contribution in [0, 0.1) is 13.8 Å². The van der Waals surface area contributed by atoms with Gasteiger partial charge in [-0.2, -0.15) is 0 Å². The van der Waals surface area contributed by atoms with Crippen LogP contribution in [0.4, 0.5) is 0 Å².